The smallest absolute Gasteiger partial charge is 0.290 e. The van der Waals surface area contributed by atoms with E-state index in [1.807, 2.05) is 24.3 Å². The SMILES string of the molecule is COc1ccc(-c2cncc3cc(/C=C4/SC(=O)NC4=O)oc23)cc1. The van der Waals surface area contributed by atoms with Crippen molar-refractivity contribution in [2.75, 3.05) is 7.11 Å². The Morgan fingerprint density at radius 2 is 2.00 bits per heavy atom. The molecule has 0 unspecified atom stereocenters. The fourth-order valence-electron chi connectivity index (χ4n) is 2.58. The normalized spacial score (nSPS) is 15.8. The first kappa shape index (κ1) is 15.5. The van der Waals surface area contributed by atoms with Crippen molar-refractivity contribution in [3.05, 3.63) is 53.4 Å². The summed E-state index contributed by atoms with van der Waals surface area (Å²) in [6.45, 7) is 0. The molecule has 7 heteroatoms. The van der Waals surface area contributed by atoms with Crippen molar-refractivity contribution in [2.45, 2.75) is 0 Å². The fourth-order valence-corrected chi connectivity index (χ4v) is 3.24. The minimum Gasteiger partial charge on any atom is -0.497 e. The summed E-state index contributed by atoms with van der Waals surface area (Å²) in [7, 11) is 1.62. The number of hydrogen-bond donors (Lipinski definition) is 1. The van der Waals surface area contributed by atoms with Crippen LogP contribution in [0.25, 0.3) is 28.2 Å². The van der Waals surface area contributed by atoms with Gasteiger partial charge in [-0.15, -0.1) is 0 Å². The molecule has 1 aromatic carbocycles. The molecule has 25 heavy (non-hydrogen) atoms. The minimum absolute atomic E-state index is 0.308. The van der Waals surface area contributed by atoms with Crippen molar-refractivity contribution < 1.29 is 18.7 Å². The molecule has 2 aromatic heterocycles. The first-order valence-electron chi connectivity index (χ1n) is 7.41. The molecule has 3 heterocycles. The Labute approximate surface area is 146 Å². The predicted molar refractivity (Wildman–Crippen MR) is 95.1 cm³/mol. The molecule has 1 aliphatic rings. The van der Waals surface area contributed by atoms with Crippen molar-refractivity contribution in [2.24, 2.45) is 0 Å². The Hall–Kier alpha value is -3.06. The summed E-state index contributed by atoms with van der Waals surface area (Å²) in [5.41, 5.74) is 2.45. The largest absolute Gasteiger partial charge is 0.497 e. The van der Waals surface area contributed by atoms with Crippen LogP contribution >= 0.6 is 11.8 Å². The van der Waals surface area contributed by atoms with E-state index in [1.165, 1.54) is 0 Å². The third-order valence-corrected chi connectivity index (χ3v) is 4.57. The van der Waals surface area contributed by atoms with E-state index in [0.717, 1.165) is 34.0 Å². The van der Waals surface area contributed by atoms with Gasteiger partial charge < -0.3 is 9.15 Å². The van der Waals surface area contributed by atoms with Crippen LogP contribution in [0.15, 0.2) is 52.0 Å². The van der Waals surface area contributed by atoms with Gasteiger partial charge in [0.25, 0.3) is 11.1 Å². The first-order chi connectivity index (χ1) is 12.1. The standard InChI is InChI=1S/C18H12N2O4S/c1-23-12-4-2-10(3-5-12)14-9-19-8-11-6-13(24-16(11)14)7-15-17(21)20-18(22)25-15/h2-9H,1H3,(H,20,21,22)/b15-7+. The van der Waals surface area contributed by atoms with E-state index < -0.39 is 5.91 Å². The second-order valence-electron chi connectivity index (χ2n) is 5.33. The Morgan fingerprint density at radius 1 is 1.20 bits per heavy atom. The molecule has 1 N–H and O–H groups in total. The molecule has 1 aliphatic heterocycles. The van der Waals surface area contributed by atoms with Crippen LogP contribution in [0.3, 0.4) is 0 Å². The zero-order valence-electron chi connectivity index (χ0n) is 13.1. The number of furan rings is 1. The van der Waals surface area contributed by atoms with Gasteiger partial charge in [0, 0.05) is 29.4 Å². The summed E-state index contributed by atoms with van der Waals surface area (Å²) in [5, 5.41) is 2.65. The van der Waals surface area contributed by atoms with Crippen LogP contribution in [0.2, 0.25) is 0 Å². The van der Waals surface area contributed by atoms with Gasteiger partial charge in [-0.1, -0.05) is 12.1 Å². The van der Waals surface area contributed by atoms with E-state index in [4.69, 9.17) is 9.15 Å². The summed E-state index contributed by atoms with van der Waals surface area (Å²) in [4.78, 5) is 27.5. The second-order valence-corrected chi connectivity index (χ2v) is 6.35. The molecule has 4 rings (SSSR count). The van der Waals surface area contributed by atoms with Crippen LogP contribution < -0.4 is 10.1 Å². The first-order valence-corrected chi connectivity index (χ1v) is 8.22. The fraction of sp³-hybridized carbons (Fsp3) is 0.0556. The number of rotatable bonds is 3. The van der Waals surface area contributed by atoms with E-state index >= 15 is 0 Å². The van der Waals surface area contributed by atoms with Crippen molar-refractivity contribution >= 4 is 40.0 Å². The highest BCUT2D eigenvalue weighted by Gasteiger charge is 2.25. The number of imide groups is 1. The number of ether oxygens (including phenoxy) is 1. The predicted octanol–water partition coefficient (Wildman–Crippen LogP) is 3.83. The van der Waals surface area contributed by atoms with Gasteiger partial charge in [-0.25, -0.2) is 0 Å². The molecule has 124 valence electrons. The molecule has 0 radical (unpaired) electrons. The maximum Gasteiger partial charge on any atom is 0.290 e. The number of aromatic nitrogens is 1. The molecule has 0 bridgehead atoms. The molecule has 0 atom stereocenters. The van der Waals surface area contributed by atoms with Gasteiger partial charge in [-0.3, -0.25) is 19.9 Å². The average molecular weight is 352 g/mol. The maximum absolute atomic E-state index is 11.7. The number of nitrogens with one attached hydrogen (secondary N) is 1. The van der Waals surface area contributed by atoms with Gasteiger partial charge in [0.1, 0.15) is 17.1 Å². The highest BCUT2D eigenvalue weighted by molar-refractivity contribution is 8.18. The summed E-state index contributed by atoms with van der Waals surface area (Å²) in [6, 6.07) is 9.37. The van der Waals surface area contributed by atoms with Crippen LogP contribution in [0.5, 0.6) is 5.75 Å². The molecule has 3 aromatic rings. The van der Waals surface area contributed by atoms with Gasteiger partial charge in [-0.05, 0) is 35.5 Å². The average Bonchev–Trinajstić information content (AvgIpc) is 3.17. The van der Waals surface area contributed by atoms with E-state index in [1.54, 1.807) is 31.6 Å². The van der Waals surface area contributed by atoms with Crippen LogP contribution in [0.1, 0.15) is 5.76 Å². The van der Waals surface area contributed by atoms with E-state index in [0.29, 0.717) is 16.2 Å². The van der Waals surface area contributed by atoms with Gasteiger partial charge in [0.2, 0.25) is 0 Å². The number of amides is 2. The number of pyridine rings is 1. The number of fused-ring (bicyclic) bond motifs is 1. The summed E-state index contributed by atoms with van der Waals surface area (Å²) in [5.74, 6) is 0.844. The summed E-state index contributed by atoms with van der Waals surface area (Å²) in [6.07, 6.45) is 4.98. The molecular formula is C18H12N2O4S. The van der Waals surface area contributed by atoms with Crippen LogP contribution in [0, 0.1) is 0 Å². The van der Waals surface area contributed by atoms with Gasteiger partial charge >= 0.3 is 0 Å². The Morgan fingerprint density at radius 3 is 2.68 bits per heavy atom. The Bertz CT molecular complexity index is 1020. The lowest BCUT2D eigenvalue weighted by Gasteiger charge is -2.04. The molecule has 0 aliphatic carbocycles. The van der Waals surface area contributed by atoms with Crippen LogP contribution in [-0.2, 0) is 4.79 Å². The highest BCUT2D eigenvalue weighted by Crippen LogP contribution is 2.33. The van der Waals surface area contributed by atoms with E-state index in [9.17, 15) is 9.59 Å². The number of thioether (sulfide) groups is 1. The maximum atomic E-state index is 11.7. The van der Waals surface area contributed by atoms with Crippen LogP contribution in [0.4, 0.5) is 4.79 Å². The van der Waals surface area contributed by atoms with E-state index in [-0.39, 0.29) is 5.24 Å². The number of carbonyl (C=O) groups excluding carboxylic acids is 2. The number of hydrogen-bond acceptors (Lipinski definition) is 6. The van der Waals surface area contributed by atoms with Gasteiger partial charge in [0.15, 0.2) is 0 Å². The molecule has 0 spiro atoms. The molecule has 0 saturated carbocycles. The van der Waals surface area contributed by atoms with Crippen LogP contribution in [-0.4, -0.2) is 23.2 Å². The van der Waals surface area contributed by atoms with Gasteiger partial charge in [0.05, 0.1) is 12.0 Å². The zero-order valence-corrected chi connectivity index (χ0v) is 13.9. The number of benzene rings is 1. The monoisotopic (exact) mass is 352 g/mol. The Balaban J connectivity index is 1.77. The van der Waals surface area contributed by atoms with Crippen molar-refractivity contribution in [3.63, 3.8) is 0 Å². The lowest BCUT2D eigenvalue weighted by molar-refractivity contribution is -0.115. The zero-order chi connectivity index (χ0) is 17.4. The molecule has 6 nitrogen and oxygen atoms in total. The second kappa shape index (κ2) is 6.10. The van der Waals surface area contributed by atoms with Crippen molar-refractivity contribution in [1.29, 1.82) is 0 Å². The topological polar surface area (TPSA) is 81.4 Å². The minimum atomic E-state index is -0.413. The molecule has 1 saturated heterocycles. The molecular weight excluding hydrogens is 340 g/mol. The molecule has 2 amide bonds. The number of methoxy groups -OCH3 is 1. The third-order valence-electron chi connectivity index (χ3n) is 3.76. The lowest BCUT2D eigenvalue weighted by atomic mass is 10.1. The van der Waals surface area contributed by atoms with Crippen molar-refractivity contribution in [1.82, 2.24) is 10.3 Å². The Kier molecular flexibility index (Phi) is 3.77. The van der Waals surface area contributed by atoms with Crippen molar-refractivity contribution in [3.8, 4) is 16.9 Å². The highest BCUT2D eigenvalue weighted by atomic mass is 32.2. The number of nitrogens with zero attached hydrogens (tertiary/aromatic N) is 1. The summed E-state index contributed by atoms with van der Waals surface area (Å²) < 4.78 is 11.1. The quantitative estimate of drug-likeness (QED) is 0.722. The summed E-state index contributed by atoms with van der Waals surface area (Å²) >= 11 is 0.855. The van der Waals surface area contributed by atoms with E-state index in [2.05, 4.69) is 10.3 Å². The van der Waals surface area contributed by atoms with Gasteiger partial charge in [-0.2, -0.15) is 0 Å². The lowest BCUT2D eigenvalue weighted by Crippen LogP contribution is -2.17. The number of carbonyl (C=O) groups is 2. The molecule has 1 fully saturated rings. The third kappa shape index (κ3) is 2.89.